The van der Waals surface area contributed by atoms with Gasteiger partial charge in [0.25, 0.3) is 0 Å². The van der Waals surface area contributed by atoms with Crippen molar-refractivity contribution >= 4 is 22.9 Å². The number of carbonyl (C=O) groups is 1. The van der Waals surface area contributed by atoms with Gasteiger partial charge >= 0.3 is 5.97 Å². The SMILES string of the molecule is COC(=O)C1=C2C(=C(c3cccs3)C1)CCN2C. The highest BCUT2D eigenvalue weighted by Crippen LogP contribution is 2.45. The molecule has 1 saturated heterocycles. The van der Waals surface area contributed by atoms with Crippen LogP contribution in [0, 0.1) is 0 Å². The van der Waals surface area contributed by atoms with Gasteiger partial charge in [-0.2, -0.15) is 0 Å². The molecule has 3 nitrogen and oxygen atoms in total. The van der Waals surface area contributed by atoms with Gasteiger partial charge in [-0.05, 0) is 29.0 Å². The largest absolute Gasteiger partial charge is 0.466 e. The van der Waals surface area contributed by atoms with Gasteiger partial charge in [0.05, 0.1) is 18.4 Å². The molecule has 1 aromatic rings. The Bertz CT molecular complexity index is 554. The minimum absolute atomic E-state index is 0.192. The number of ether oxygens (including phenoxy) is 1. The van der Waals surface area contributed by atoms with Crippen molar-refractivity contribution < 1.29 is 9.53 Å². The summed E-state index contributed by atoms with van der Waals surface area (Å²) in [5, 5.41) is 2.08. The third-order valence-electron chi connectivity index (χ3n) is 3.62. The third-order valence-corrected chi connectivity index (χ3v) is 4.55. The van der Waals surface area contributed by atoms with E-state index in [1.54, 1.807) is 11.3 Å². The van der Waals surface area contributed by atoms with Gasteiger partial charge in [0, 0.05) is 24.9 Å². The van der Waals surface area contributed by atoms with Gasteiger partial charge in [0.2, 0.25) is 0 Å². The van der Waals surface area contributed by atoms with Crippen LogP contribution in [0.25, 0.3) is 5.57 Å². The molecule has 94 valence electrons. The molecular formula is C14H15NO2S. The van der Waals surface area contributed by atoms with Crippen LogP contribution in [0.15, 0.2) is 34.4 Å². The fraction of sp³-hybridized carbons (Fsp3) is 0.357. The molecule has 3 rings (SSSR count). The number of hydrogen-bond acceptors (Lipinski definition) is 4. The number of nitrogens with zero attached hydrogens (tertiary/aromatic N) is 1. The first-order chi connectivity index (χ1) is 8.72. The van der Waals surface area contributed by atoms with Gasteiger partial charge in [-0.15, -0.1) is 11.3 Å². The monoisotopic (exact) mass is 261 g/mol. The summed E-state index contributed by atoms with van der Waals surface area (Å²) in [6.07, 6.45) is 1.74. The van der Waals surface area contributed by atoms with Crippen molar-refractivity contribution in [3.63, 3.8) is 0 Å². The van der Waals surface area contributed by atoms with E-state index >= 15 is 0 Å². The van der Waals surface area contributed by atoms with E-state index in [2.05, 4.69) is 22.4 Å². The molecule has 0 bridgehead atoms. The molecule has 0 amide bonds. The lowest BCUT2D eigenvalue weighted by molar-refractivity contribution is -0.136. The number of rotatable bonds is 2. The Morgan fingerprint density at radius 3 is 2.94 bits per heavy atom. The molecule has 18 heavy (non-hydrogen) atoms. The average Bonchev–Trinajstić information content (AvgIpc) is 3.06. The number of likely N-dealkylation sites (N-methyl/N-ethyl adjacent to an activating group) is 1. The van der Waals surface area contributed by atoms with E-state index in [1.165, 1.54) is 23.1 Å². The molecule has 2 heterocycles. The molecular weight excluding hydrogens is 246 g/mol. The van der Waals surface area contributed by atoms with E-state index in [1.807, 2.05) is 7.05 Å². The number of carbonyl (C=O) groups excluding carboxylic acids is 1. The van der Waals surface area contributed by atoms with Gasteiger partial charge in [-0.25, -0.2) is 4.79 Å². The number of thiophene rings is 1. The summed E-state index contributed by atoms with van der Waals surface area (Å²) in [5.41, 5.74) is 4.56. The number of fused-ring (bicyclic) bond motifs is 1. The van der Waals surface area contributed by atoms with Gasteiger partial charge in [-0.1, -0.05) is 6.07 Å². The molecule has 0 radical (unpaired) electrons. The summed E-state index contributed by atoms with van der Waals surface area (Å²) in [6.45, 7) is 0.986. The fourth-order valence-electron chi connectivity index (χ4n) is 2.79. The molecule has 0 atom stereocenters. The maximum Gasteiger partial charge on any atom is 0.336 e. The number of hydrogen-bond donors (Lipinski definition) is 0. The first-order valence-electron chi connectivity index (χ1n) is 6.01. The van der Waals surface area contributed by atoms with Crippen molar-refractivity contribution in [3.8, 4) is 0 Å². The lowest BCUT2D eigenvalue weighted by Gasteiger charge is -2.13. The zero-order chi connectivity index (χ0) is 12.7. The van der Waals surface area contributed by atoms with Gasteiger partial charge < -0.3 is 9.64 Å². The van der Waals surface area contributed by atoms with Gasteiger partial charge in [0.15, 0.2) is 0 Å². The van der Waals surface area contributed by atoms with Crippen molar-refractivity contribution in [1.29, 1.82) is 0 Å². The molecule has 0 N–H and O–H groups in total. The standard InChI is InChI=1S/C14H15NO2S/c1-15-6-5-9-10(12-4-3-7-18-12)8-11(13(9)15)14(16)17-2/h3-4,7H,5-6,8H2,1-2H3. The first-order valence-corrected chi connectivity index (χ1v) is 6.89. The van der Waals surface area contributed by atoms with Crippen molar-refractivity contribution in [1.82, 2.24) is 4.90 Å². The molecule has 0 saturated carbocycles. The van der Waals surface area contributed by atoms with Crippen molar-refractivity contribution in [2.45, 2.75) is 12.8 Å². The minimum atomic E-state index is -0.192. The quantitative estimate of drug-likeness (QED) is 0.767. The van der Waals surface area contributed by atoms with Crippen LogP contribution in [-0.2, 0) is 9.53 Å². The lowest BCUT2D eigenvalue weighted by atomic mass is 10.1. The summed E-state index contributed by atoms with van der Waals surface area (Å²) in [6, 6.07) is 4.19. The predicted molar refractivity (Wildman–Crippen MR) is 72.1 cm³/mol. The van der Waals surface area contributed by atoms with Crippen LogP contribution in [0.2, 0.25) is 0 Å². The molecule has 1 fully saturated rings. The van der Waals surface area contributed by atoms with E-state index in [0.717, 1.165) is 24.2 Å². The summed E-state index contributed by atoms with van der Waals surface area (Å²) in [5.74, 6) is -0.192. The highest BCUT2D eigenvalue weighted by Gasteiger charge is 2.35. The van der Waals surface area contributed by atoms with Crippen LogP contribution >= 0.6 is 11.3 Å². The second kappa shape index (κ2) is 4.28. The molecule has 4 heteroatoms. The predicted octanol–water partition coefficient (Wildman–Crippen LogP) is 2.67. The first kappa shape index (κ1) is 11.5. The molecule has 0 aromatic carbocycles. The highest BCUT2D eigenvalue weighted by molar-refractivity contribution is 7.11. The van der Waals surface area contributed by atoms with Crippen LogP contribution in [0.1, 0.15) is 17.7 Å². The Balaban J connectivity index is 2.06. The minimum Gasteiger partial charge on any atom is -0.466 e. The van der Waals surface area contributed by atoms with Crippen molar-refractivity contribution in [2.24, 2.45) is 0 Å². The van der Waals surface area contributed by atoms with Crippen molar-refractivity contribution in [3.05, 3.63) is 39.2 Å². The Kier molecular flexibility index (Phi) is 2.74. The molecule has 2 aliphatic rings. The Morgan fingerprint density at radius 1 is 1.44 bits per heavy atom. The zero-order valence-electron chi connectivity index (χ0n) is 10.5. The molecule has 1 aliphatic heterocycles. The number of likely N-dealkylation sites (tertiary alicyclic amines) is 1. The average molecular weight is 261 g/mol. The molecule has 1 aromatic heterocycles. The molecule has 0 spiro atoms. The van der Waals surface area contributed by atoms with E-state index in [-0.39, 0.29) is 5.97 Å². The van der Waals surface area contributed by atoms with Crippen LogP contribution in [-0.4, -0.2) is 31.6 Å². The Morgan fingerprint density at radius 2 is 2.28 bits per heavy atom. The van der Waals surface area contributed by atoms with Crippen LogP contribution in [0.3, 0.4) is 0 Å². The number of esters is 1. The highest BCUT2D eigenvalue weighted by atomic mass is 32.1. The summed E-state index contributed by atoms with van der Waals surface area (Å²) in [4.78, 5) is 15.3. The summed E-state index contributed by atoms with van der Waals surface area (Å²) >= 11 is 1.74. The summed E-state index contributed by atoms with van der Waals surface area (Å²) < 4.78 is 4.91. The number of allylic oxidation sites excluding steroid dienone is 2. The number of methoxy groups -OCH3 is 1. The summed E-state index contributed by atoms with van der Waals surface area (Å²) in [7, 11) is 3.50. The van der Waals surface area contributed by atoms with Gasteiger partial charge in [0.1, 0.15) is 0 Å². The fourth-order valence-corrected chi connectivity index (χ4v) is 3.59. The Hall–Kier alpha value is -1.55. The van der Waals surface area contributed by atoms with Crippen molar-refractivity contribution in [2.75, 3.05) is 20.7 Å². The van der Waals surface area contributed by atoms with E-state index < -0.39 is 0 Å². The molecule has 1 aliphatic carbocycles. The van der Waals surface area contributed by atoms with E-state index in [0.29, 0.717) is 6.42 Å². The maximum absolute atomic E-state index is 11.9. The maximum atomic E-state index is 11.9. The second-order valence-electron chi connectivity index (χ2n) is 4.60. The van der Waals surface area contributed by atoms with Gasteiger partial charge in [-0.3, -0.25) is 0 Å². The van der Waals surface area contributed by atoms with Crippen LogP contribution in [0.5, 0.6) is 0 Å². The smallest absolute Gasteiger partial charge is 0.336 e. The van der Waals surface area contributed by atoms with Crippen LogP contribution < -0.4 is 0 Å². The van der Waals surface area contributed by atoms with E-state index in [4.69, 9.17) is 4.74 Å². The normalized spacial score (nSPS) is 18.7. The van der Waals surface area contributed by atoms with E-state index in [9.17, 15) is 4.79 Å². The second-order valence-corrected chi connectivity index (χ2v) is 5.55. The van der Waals surface area contributed by atoms with Crippen LogP contribution in [0.4, 0.5) is 0 Å². The molecule has 0 unspecified atom stereocenters. The third kappa shape index (κ3) is 1.60. The zero-order valence-corrected chi connectivity index (χ0v) is 11.3. The topological polar surface area (TPSA) is 29.5 Å². The Labute approximate surface area is 110 Å². The lowest BCUT2D eigenvalue weighted by Crippen LogP contribution is -2.15.